The quantitative estimate of drug-likeness (QED) is 0.630. The van der Waals surface area contributed by atoms with Crippen LogP contribution in [0.4, 0.5) is 5.69 Å². The first-order chi connectivity index (χ1) is 6.95. The van der Waals surface area contributed by atoms with Crippen molar-refractivity contribution >= 4 is 22.9 Å². The second kappa shape index (κ2) is 2.80. The number of fused-ring (bicyclic) bond motifs is 3. The molecule has 0 fully saturated rings. The van der Waals surface area contributed by atoms with Gasteiger partial charge < -0.3 is 4.74 Å². The summed E-state index contributed by atoms with van der Waals surface area (Å²) in [4.78, 5) is 8.28. The van der Waals surface area contributed by atoms with Gasteiger partial charge in [-0.2, -0.15) is 0 Å². The fourth-order valence-electron chi connectivity index (χ4n) is 1.70. The highest BCUT2D eigenvalue weighted by atomic mass is 16.5. The summed E-state index contributed by atoms with van der Waals surface area (Å²) < 4.78 is 5.18. The van der Waals surface area contributed by atoms with Gasteiger partial charge in [0.1, 0.15) is 6.61 Å². The Kier molecular flexibility index (Phi) is 1.50. The van der Waals surface area contributed by atoms with Crippen LogP contribution in [0.15, 0.2) is 35.6 Å². The van der Waals surface area contributed by atoms with E-state index in [0.29, 0.717) is 6.61 Å². The molecule has 3 nitrogen and oxygen atoms in total. The molecule has 1 aromatic carbocycles. The fourth-order valence-corrected chi connectivity index (χ4v) is 1.70. The first-order valence-corrected chi connectivity index (χ1v) is 4.45. The molecule has 14 heavy (non-hydrogen) atoms. The Morgan fingerprint density at radius 3 is 3.21 bits per heavy atom. The van der Waals surface area contributed by atoms with Crippen molar-refractivity contribution in [3.05, 3.63) is 36.2 Å². The highest BCUT2D eigenvalue weighted by Crippen LogP contribution is 2.29. The fraction of sp³-hybridized carbons (Fsp3) is 0.0909. The molecule has 1 aliphatic rings. The van der Waals surface area contributed by atoms with Crippen molar-refractivity contribution in [3.8, 4) is 0 Å². The summed E-state index contributed by atoms with van der Waals surface area (Å²) in [5.74, 6) is 0. The van der Waals surface area contributed by atoms with E-state index in [1.165, 1.54) is 11.8 Å². The molecule has 0 unspecified atom stereocenters. The smallest absolute Gasteiger partial charge is 0.175 e. The van der Waals surface area contributed by atoms with Crippen LogP contribution in [-0.4, -0.2) is 11.4 Å². The number of nitrogens with zero attached hydrogens (tertiary/aromatic N) is 2. The van der Waals surface area contributed by atoms with Crippen LogP contribution in [0, 0.1) is 0 Å². The molecule has 68 valence electrons. The van der Waals surface area contributed by atoms with Crippen LogP contribution in [0.25, 0.3) is 10.8 Å². The lowest BCUT2D eigenvalue weighted by Crippen LogP contribution is -1.98. The van der Waals surface area contributed by atoms with Crippen LogP contribution in [-0.2, 0) is 11.3 Å². The van der Waals surface area contributed by atoms with Crippen LogP contribution in [0.1, 0.15) is 5.56 Å². The number of benzene rings is 1. The summed E-state index contributed by atoms with van der Waals surface area (Å²) in [6, 6.07) is 6.06. The second-order valence-corrected chi connectivity index (χ2v) is 3.21. The minimum atomic E-state index is 0.585. The maximum Gasteiger partial charge on any atom is 0.175 e. The Morgan fingerprint density at radius 1 is 1.21 bits per heavy atom. The van der Waals surface area contributed by atoms with Crippen molar-refractivity contribution in [1.29, 1.82) is 0 Å². The molecule has 0 atom stereocenters. The molecule has 0 saturated heterocycles. The number of rotatable bonds is 0. The average Bonchev–Trinajstić information content (AvgIpc) is 2.29. The van der Waals surface area contributed by atoms with Crippen LogP contribution in [0.5, 0.6) is 0 Å². The number of ether oxygens (including phenoxy) is 1. The summed E-state index contributed by atoms with van der Waals surface area (Å²) >= 11 is 0. The van der Waals surface area contributed by atoms with Gasteiger partial charge in [-0.3, -0.25) is 4.98 Å². The van der Waals surface area contributed by atoms with E-state index in [4.69, 9.17) is 4.74 Å². The average molecular weight is 184 g/mol. The van der Waals surface area contributed by atoms with Crippen LogP contribution < -0.4 is 0 Å². The second-order valence-electron chi connectivity index (χ2n) is 3.21. The minimum absolute atomic E-state index is 0.585. The van der Waals surface area contributed by atoms with Gasteiger partial charge in [0, 0.05) is 23.3 Å². The molecule has 0 amide bonds. The van der Waals surface area contributed by atoms with Gasteiger partial charge in [-0.15, -0.1) is 0 Å². The van der Waals surface area contributed by atoms with Gasteiger partial charge >= 0.3 is 0 Å². The Hall–Kier alpha value is -1.90. The van der Waals surface area contributed by atoms with Crippen LogP contribution in [0.2, 0.25) is 0 Å². The van der Waals surface area contributed by atoms with E-state index in [2.05, 4.69) is 16.0 Å². The third kappa shape index (κ3) is 0.988. The molecule has 0 N–H and O–H groups in total. The van der Waals surface area contributed by atoms with E-state index < -0.39 is 0 Å². The summed E-state index contributed by atoms with van der Waals surface area (Å²) in [7, 11) is 0. The number of aromatic nitrogens is 1. The zero-order valence-corrected chi connectivity index (χ0v) is 7.47. The van der Waals surface area contributed by atoms with Gasteiger partial charge in [0.2, 0.25) is 0 Å². The van der Waals surface area contributed by atoms with Crippen molar-refractivity contribution in [2.45, 2.75) is 6.61 Å². The van der Waals surface area contributed by atoms with E-state index in [-0.39, 0.29) is 0 Å². The molecular formula is C11H8N2O. The zero-order valence-electron chi connectivity index (χ0n) is 7.47. The summed E-state index contributed by atoms with van der Waals surface area (Å²) in [5.41, 5.74) is 2.11. The molecular weight excluding hydrogens is 176 g/mol. The molecule has 0 aliphatic carbocycles. The molecule has 2 aromatic rings. The van der Waals surface area contributed by atoms with Gasteiger partial charge in [0.25, 0.3) is 0 Å². The first-order valence-electron chi connectivity index (χ1n) is 4.45. The van der Waals surface area contributed by atoms with Crippen molar-refractivity contribution in [2.24, 2.45) is 4.99 Å². The molecule has 0 radical (unpaired) electrons. The van der Waals surface area contributed by atoms with Gasteiger partial charge in [0.05, 0.1) is 5.69 Å². The van der Waals surface area contributed by atoms with Gasteiger partial charge in [0.15, 0.2) is 6.40 Å². The first kappa shape index (κ1) is 7.50. The number of pyridine rings is 1. The third-order valence-corrected chi connectivity index (χ3v) is 2.40. The molecule has 1 aliphatic heterocycles. The van der Waals surface area contributed by atoms with E-state index in [9.17, 15) is 0 Å². The predicted molar refractivity (Wildman–Crippen MR) is 54.7 cm³/mol. The van der Waals surface area contributed by atoms with Crippen molar-refractivity contribution < 1.29 is 4.74 Å². The third-order valence-electron chi connectivity index (χ3n) is 2.40. The van der Waals surface area contributed by atoms with Crippen molar-refractivity contribution in [1.82, 2.24) is 4.98 Å². The molecule has 1 aromatic heterocycles. The lowest BCUT2D eigenvalue weighted by Gasteiger charge is -2.12. The van der Waals surface area contributed by atoms with Gasteiger partial charge in [-0.05, 0) is 17.5 Å². The molecule has 0 saturated carbocycles. The summed E-state index contributed by atoms with van der Waals surface area (Å²) in [5, 5.41) is 2.31. The maximum absolute atomic E-state index is 5.18. The van der Waals surface area contributed by atoms with Crippen molar-refractivity contribution in [3.63, 3.8) is 0 Å². The number of hydrogen-bond donors (Lipinski definition) is 0. The van der Waals surface area contributed by atoms with Crippen LogP contribution in [0.3, 0.4) is 0 Å². The standard InChI is InChI=1S/C11H8N2O/c1-2-11-10(6-14-7-13-11)9-5-12-4-3-8(1)9/h1-5,7H,6H2. The Balaban J connectivity index is 2.41. The summed E-state index contributed by atoms with van der Waals surface area (Å²) in [6.07, 6.45) is 5.14. The SMILES string of the molecule is C1=Nc2ccc3ccncc3c2CO1. The van der Waals surface area contributed by atoms with E-state index >= 15 is 0 Å². The molecule has 3 rings (SSSR count). The summed E-state index contributed by atoms with van der Waals surface area (Å²) in [6.45, 7) is 0.585. The van der Waals surface area contributed by atoms with Crippen LogP contribution >= 0.6 is 0 Å². The van der Waals surface area contributed by atoms with E-state index in [1.807, 2.05) is 18.3 Å². The topological polar surface area (TPSA) is 34.5 Å². The van der Waals surface area contributed by atoms with E-state index in [0.717, 1.165) is 16.6 Å². The van der Waals surface area contributed by atoms with E-state index in [1.54, 1.807) is 6.20 Å². The predicted octanol–water partition coefficient (Wildman–Crippen LogP) is 2.42. The Labute approximate surface area is 81.1 Å². The monoisotopic (exact) mass is 184 g/mol. The lowest BCUT2D eigenvalue weighted by molar-refractivity contribution is 0.304. The zero-order chi connectivity index (χ0) is 9.38. The highest BCUT2D eigenvalue weighted by molar-refractivity contribution is 5.89. The highest BCUT2D eigenvalue weighted by Gasteiger charge is 2.09. The maximum atomic E-state index is 5.18. The Morgan fingerprint density at radius 2 is 2.21 bits per heavy atom. The van der Waals surface area contributed by atoms with Gasteiger partial charge in [-0.1, -0.05) is 6.07 Å². The molecule has 2 heterocycles. The molecule has 3 heteroatoms. The van der Waals surface area contributed by atoms with Gasteiger partial charge in [-0.25, -0.2) is 4.99 Å². The molecule has 0 bridgehead atoms. The lowest BCUT2D eigenvalue weighted by atomic mass is 10.1. The number of hydrogen-bond acceptors (Lipinski definition) is 3. The van der Waals surface area contributed by atoms with Crippen molar-refractivity contribution in [2.75, 3.05) is 0 Å². The largest absolute Gasteiger partial charge is 0.478 e. The Bertz CT molecular complexity index is 520. The molecule has 0 spiro atoms. The number of aliphatic imine (C=N–C) groups is 1. The normalized spacial score (nSPS) is 13.7. The minimum Gasteiger partial charge on any atom is -0.478 e.